The topological polar surface area (TPSA) is 284 Å². The number of primary amides is 1. The highest BCUT2D eigenvalue weighted by atomic mass is 16.6. The van der Waals surface area contributed by atoms with Crippen molar-refractivity contribution in [2.45, 2.75) is 49.6 Å². The summed E-state index contributed by atoms with van der Waals surface area (Å²) >= 11 is 0. The number of hydrogen-bond donors (Lipinski definition) is 9. The van der Waals surface area contributed by atoms with Gasteiger partial charge in [-0.2, -0.15) is 0 Å². The summed E-state index contributed by atoms with van der Waals surface area (Å²) in [5.74, 6) is -7.92. The van der Waals surface area contributed by atoms with Crippen molar-refractivity contribution in [1.29, 1.82) is 0 Å². The average Bonchev–Trinajstić information content (AvgIpc) is 3.29. The van der Waals surface area contributed by atoms with Gasteiger partial charge in [0.2, 0.25) is 29.2 Å². The van der Waals surface area contributed by atoms with Gasteiger partial charge in [-0.25, -0.2) is 9.59 Å². The molecule has 17 heteroatoms. The summed E-state index contributed by atoms with van der Waals surface area (Å²) in [6.45, 7) is -0.931. The summed E-state index contributed by atoms with van der Waals surface area (Å²) in [5.41, 5.74) is 6.21. The summed E-state index contributed by atoms with van der Waals surface area (Å²) < 4.78 is 9.70. The van der Waals surface area contributed by atoms with E-state index in [0.717, 1.165) is 0 Å². The molecular formula is C29H32N4O13. The Labute approximate surface area is 260 Å². The van der Waals surface area contributed by atoms with Crippen molar-refractivity contribution >= 4 is 35.8 Å². The number of aliphatic hydroxyl groups is 3. The molecule has 0 aliphatic carbocycles. The molecule has 17 nitrogen and oxygen atoms in total. The number of aromatic hydroxyl groups is 1. The number of phenolic OH excluding ortho intramolecular Hbond substituents is 1. The van der Waals surface area contributed by atoms with Crippen LogP contribution in [0.15, 0.2) is 66.1 Å². The molecule has 10 N–H and O–H groups in total. The Hall–Kier alpha value is -5.68. The molecule has 2 aromatic carbocycles. The number of cyclic esters (lactones) is 1. The first-order valence-electron chi connectivity index (χ1n) is 13.6. The second kappa shape index (κ2) is 15.9. The molecule has 0 aromatic heterocycles. The first-order chi connectivity index (χ1) is 21.8. The third kappa shape index (κ3) is 9.66. The lowest BCUT2D eigenvalue weighted by molar-refractivity contribution is -0.147. The van der Waals surface area contributed by atoms with Crippen molar-refractivity contribution in [3.05, 3.63) is 77.2 Å². The van der Waals surface area contributed by atoms with Crippen molar-refractivity contribution in [3.63, 3.8) is 0 Å². The van der Waals surface area contributed by atoms with Crippen LogP contribution in [0, 0.1) is 0 Å². The van der Waals surface area contributed by atoms with E-state index >= 15 is 0 Å². The molecule has 0 fully saturated rings. The van der Waals surface area contributed by atoms with Crippen LogP contribution in [-0.2, 0) is 46.3 Å². The Kier molecular flexibility index (Phi) is 12.0. The van der Waals surface area contributed by atoms with Gasteiger partial charge < -0.3 is 56.7 Å². The fourth-order valence-electron chi connectivity index (χ4n) is 4.27. The maximum absolute atomic E-state index is 13.6. The third-order valence-corrected chi connectivity index (χ3v) is 6.60. The number of carboxylic acid groups (broad SMARTS) is 1. The number of carboxylic acids is 1. The predicted molar refractivity (Wildman–Crippen MR) is 153 cm³/mol. The van der Waals surface area contributed by atoms with E-state index in [1.807, 2.05) is 0 Å². The van der Waals surface area contributed by atoms with Crippen molar-refractivity contribution in [3.8, 4) is 5.75 Å². The lowest BCUT2D eigenvalue weighted by Crippen LogP contribution is -2.57. The van der Waals surface area contributed by atoms with Crippen molar-refractivity contribution in [2.75, 3.05) is 6.61 Å². The van der Waals surface area contributed by atoms with Crippen LogP contribution in [0.25, 0.3) is 0 Å². The normalized spacial score (nSPS) is 16.7. The van der Waals surface area contributed by atoms with E-state index in [2.05, 4.69) is 16.0 Å². The number of amides is 4. The maximum Gasteiger partial charge on any atom is 0.413 e. The Morgan fingerprint density at radius 3 is 1.93 bits per heavy atom. The molecule has 0 spiro atoms. The van der Waals surface area contributed by atoms with Crippen LogP contribution in [0.1, 0.15) is 17.5 Å². The van der Waals surface area contributed by atoms with E-state index in [4.69, 9.17) is 20.3 Å². The molecule has 0 saturated heterocycles. The number of nitrogens with one attached hydrogen (secondary N) is 3. The van der Waals surface area contributed by atoms with Crippen LogP contribution in [-0.4, -0.2) is 98.2 Å². The molecule has 4 amide bonds. The van der Waals surface area contributed by atoms with Gasteiger partial charge in [0.15, 0.2) is 6.10 Å². The second-order valence-corrected chi connectivity index (χ2v) is 10.1. The van der Waals surface area contributed by atoms with Crippen molar-refractivity contribution in [2.24, 2.45) is 5.73 Å². The largest absolute Gasteiger partial charge is 0.508 e. The summed E-state index contributed by atoms with van der Waals surface area (Å²) in [7, 11) is 0. The van der Waals surface area contributed by atoms with Crippen LogP contribution in [0.4, 0.5) is 4.79 Å². The fraction of sp³-hybridized carbons (Fsp3) is 0.310. The Balaban J connectivity index is 1.88. The van der Waals surface area contributed by atoms with Crippen LogP contribution >= 0.6 is 0 Å². The van der Waals surface area contributed by atoms with Crippen LogP contribution in [0.5, 0.6) is 5.75 Å². The standard InChI is InChI=1S/C29H32N4O13/c30-25(40)17(12-21(37)38)31-26(41)18(10-14-4-2-1-3-5-14)32-27(42)19(11-15-6-8-16(35)9-7-15)33-29(44)46-24-22(39)28(43)45-23(24)20(36)13-34/h1-9,17-20,23,34-36,39H,10-13H2,(H2,30,40)(H,31,41)(H,32,42)(H,33,44)(H,37,38)/t17-,18-,19-,20?,23?/m0/s1. The minimum atomic E-state index is -1.77. The number of alkyl carbamates (subject to hydrolysis) is 1. The first-order valence-corrected chi connectivity index (χ1v) is 13.6. The molecule has 5 atom stereocenters. The summed E-state index contributed by atoms with van der Waals surface area (Å²) in [5, 5.41) is 54.8. The number of aliphatic carboxylic acids is 1. The van der Waals surface area contributed by atoms with Gasteiger partial charge in [0.1, 0.15) is 30.0 Å². The number of nitrogens with two attached hydrogens (primary N) is 1. The highest BCUT2D eigenvalue weighted by Gasteiger charge is 2.42. The summed E-state index contributed by atoms with van der Waals surface area (Å²) in [6.07, 6.45) is -6.15. The quantitative estimate of drug-likeness (QED) is 0.0974. The molecule has 3 rings (SSSR count). The number of rotatable bonds is 15. The first kappa shape index (κ1) is 34.8. The van der Waals surface area contributed by atoms with E-state index < -0.39 is 90.6 Å². The lowest BCUT2D eigenvalue weighted by atomic mass is 10.0. The minimum absolute atomic E-state index is 0.0936. The van der Waals surface area contributed by atoms with Gasteiger partial charge in [-0.3, -0.25) is 19.2 Å². The lowest BCUT2D eigenvalue weighted by Gasteiger charge is -2.25. The molecule has 0 radical (unpaired) electrons. The Bertz CT molecular complexity index is 1480. The third-order valence-electron chi connectivity index (χ3n) is 6.60. The molecule has 246 valence electrons. The number of esters is 1. The smallest absolute Gasteiger partial charge is 0.413 e. The van der Waals surface area contributed by atoms with Gasteiger partial charge >= 0.3 is 18.0 Å². The molecule has 0 bridgehead atoms. The number of carbonyl (C=O) groups is 6. The number of phenols is 1. The minimum Gasteiger partial charge on any atom is -0.508 e. The molecule has 2 aromatic rings. The van der Waals surface area contributed by atoms with E-state index in [1.165, 1.54) is 24.3 Å². The molecule has 46 heavy (non-hydrogen) atoms. The average molecular weight is 645 g/mol. The van der Waals surface area contributed by atoms with Crippen LogP contribution < -0.4 is 21.7 Å². The van der Waals surface area contributed by atoms with Gasteiger partial charge in [0, 0.05) is 12.8 Å². The van der Waals surface area contributed by atoms with Gasteiger partial charge in [-0.15, -0.1) is 0 Å². The maximum atomic E-state index is 13.6. The summed E-state index contributed by atoms with van der Waals surface area (Å²) in [6, 6.07) is 9.24. The highest BCUT2D eigenvalue weighted by molar-refractivity contribution is 5.95. The number of hydrogen-bond acceptors (Lipinski definition) is 12. The molecular weight excluding hydrogens is 612 g/mol. The van der Waals surface area contributed by atoms with Gasteiger partial charge in [-0.05, 0) is 23.3 Å². The van der Waals surface area contributed by atoms with E-state index in [1.54, 1.807) is 30.3 Å². The molecule has 0 saturated carbocycles. The number of carbonyl (C=O) groups excluding carboxylic acids is 5. The fourth-order valence-corrected chi connectivity index (χ4v) is 4.27. The van der Waals surface area contributed by atoms with Gasteiger partial charge in [-0.1, -0.05) is 42.5 Å². The second-order valence-electron chi connectivity index (χ2n) is 10.1. The van der Waals surface area contributed by atoms with Crippen molar-refractivity contribution < 1.29 is 63.8 Å². The SMILES string of the molecule is NC(=O)[C@H](CC(=O)O)NC(=O)[C@H](Cc1ccccc1)NC(=O)[C@H](Cc1ccc(O)cc1)NC(=O)OC1=C(O)C(=O)OC1C(O)CO. The van der Waals surface area contributed by atoms with Gasteiger partial charge in [0.25, 0.3) is 0 Å². The summed E-state index contributed by atoms with van der Waals surface area (Å²) in [4.78, 5) is 74.6. The zero-order chi connectivity index (χ0) is 34.0. The van der Waals surface area contributed by atoms with E-state index in [0.29, 0.717) is 11.1 Å². The van der Waals surface area contributed by atoms with Crippen LogP contribution in [0.2, 0.25) is 0 Å². The predicted octanol–water partition coefficient (Wildman–Crippen LogP) is -1.75. The number of ether oxygens (including phenoxy) is 2. The molecule has 2 unspecified atom stereocenters. The van der Waals surface area contributed by atoms with E-state index in [-0.39, 0.29) is 18.6 Å². The van der Waals surface area contributed by atoms with E-state index in [9.17, 15) is 49.2 Å². The van der Waals surface area contributed by atoms with Gasteiger partial charge in [0.05, 0.1) is 13.0 Å². The zero-order valence-electron chi connectivity index (χ0n) is 24.0. The highest BCUT2D eigenvalue weighted by Crippen LogP contribution is 2.25. The molecule has 1 aliphatic rings. The Morgan fingerprint density at radius 1 is 0.848 bits per heavy atom. The Morgan fingerprint density at radius 2 is 1.39 bits per heavy atom. The molecule has 1 heterocycles. The molecule has 1 aliphatic heterocycles. The van der Waals surface area contributed by atoms with Crippen molar-refractivity contribution in [1.82, 2.24) is 16.0 Å². The van der Waals surface area contributed by atoms with Crippen LogP contribution in [0.3, 0.4) is 0 Å². The number of aliphatic hydroxyl groups excluding tert-OH is 3. The number of benzene rings is 2. The zero-order valence-corrected chi connectivity index (χ0v) is 24.0. The monoisotopic (exact) mass is 644 g/mol.